The van der Waals surface area contributed by atoms with Gasteiger partial charge in [-0.1, -0.05) is 5.16 Å². The van der Waals surface area contributed by atoms with E-state index >= 15 is 0 Å². The summed E-state index contributed by atoms with van der Waals surface area (Å²) in [5, 5.41) is 12.6. The highest BCUT2D eigenvalue weighted by Crippen LogP contribution is 2.43. The van der Waals surface area contributed by atoms with Crippen LogP contribution in [0.25, 0.3) is 11.3 Å². The number of carboxylic acid groups (broad SMARTS) is 1. The van der Waals surface area contributed by atoms with Gasteiger partial charge < -0.3 is 19.1 Å². The van der Waals surface area contributed by atoms with Gasteiger partial charge in [-0.2, -0.15) is 0 Å². The van der Waals surface area contributed by atoms with E-state index in [0.29, 0.717) is 36.0 Å². The summed E-state index contributed by atoms with van der Waals surface area (Å²) in [6.45, 7) is 1.09. The molecule has 0 radical (unpaired) electrons. The van der Waals surface area contributed by atoms with Crippen molar-refractivity contribution in [3.05, 3.63) is 28.4 Å². The molecule has 20 heavy (non-hydrogen) atoms. The Kier molecular flexibility index (Phi) is 3.35. The molecule has 0 saturated carbocycles. The van der Waals surface area contributed by atoms with Crippen molar-refractivity contribution in [3.63, 3.8) is 0 Å². The van der Waals surface area contributed by atoms with E-state index in [4.69, 9.17) is 19.1 Å². The summed E-state index contributed by atoms with van der Waals surface area (Å²) in [4.78, 5) is 10.8. The van der Waals surface area contributed by atoms with Crippen LogP contribution in [0.1, 0.15) is 17.0 Å². The summed E-state index contributed by atoms with van der Waals surface area (Å²) in [5.41, 5.74) is 1.04. The average Bonchev–Trinajstić information content (AvgIpc) is 2.77. The lowest BCUT2D eigenvalue weighted by Gasteiger charge is -2.12. The second-order valence-corrected chi connectivity index (χ2v) is 5.04. The fourth-order valence-electron chi connectivity index (χ4n) is 1.93. The van der Waals surface area contributed by atoms with Crippen LogP contribution in [0.3, 0.4) is 0 Å². The van der Waals surface area contributed by atoms with Gasteiger partial charge >= 0.3 is 5.97 Å². The molecule has 1 aliphatic rings. The second-order valence-electron chi connectivity index (χ2n) is 4.19. The average molecular weight is 340 g/mol. The maximum atomic E-state index is 10.8. The summed E-state index contributed by atoms with van der Waals surface area (Å²) < 4.78 is 16.9. The Bertz CT molecular complexity index is 667. The Hall–Kier alpha value is -2.02. The number of hydrogen-bond acceptors (Lipinski definition) is 5. The number of ether oxygens (including phenoxy) is 2. The standard InChI is InChI=1S/C13H10BrNO5/c14-8-3-2-7(9-6-10(13(16)17)20-15-9)11-12(8)19-5-1-4-18-11/h2-3,6H,1,4-5H2,(H,16,17). The Labute approximate surface area is 122 Å². The van der Waals surface area contributed by atoms with Crippen molar-refractivity contribution in [1.82, 2.24) is 5.16 Å². The molecular weight excluding hydrogens is 330 g/mol. The maximum absolute atomic E-state index is 10.8. The minimum Gasteiger partial charge on any atom is -0.489 e. The zero-order valence-corrected chi connectivity index (χ0v) is 11.8. The molecule has 104 valence electrons. The van der Waals surface area contributed by atoms with Crippen molar-refractivity contribution < 1.29 is 23.9 Å². The molecule has 2 aromatic rings. The Morgan fingerprint density at radius 1 is 1.25 bits per heavy atom. The Balaban J connectivity index is 2.11. The molecule has 0 atom stereocenters. The van der Waals surface area contributed by atoms with Crippen molar-refractivity contribution >= 4 is 21.9 Å². The van der Waals surface area contributed by atoms with Crippen LogP contribution >= 0.6 is 15.9 Å². The second kappa shape index (κ2) is 5.16. The summed E-state index contributed by atoms with van der Waals surface area (Å²) in [7, 11) is 0. The SMILES string of the molecule is O=C(O)c1cc(-c2ccc(Br)c3c2OCCCO3)no1. The van der Waals surface area contributed by atoms with Gasteiger partial charge in [0, 0.05) is 18.1 Å². The van der Waals surface area contributed by atoms with Crippen LogP contribution in [0.4, 0.5) is 0 Å². The van der Waals surface area contributed by atoms with E-state index in [9.17, 15) is 4.79 Å². The van der Waals surface area contributed by atoms with Gasteiger partial charge in [-0.05, 0) is 28.1 Å². The number of aromatic nitrogens is 1. The van der Waals surface area contributed by atoms with E-state index in [2.05, 4.69) is 21.1 Å². The molecule has 6 nitrogen and oxygen atoms in total. The molecule has 0 fully saturated rings. The Morgan fingerprint density at radius 2 is 2.00 bits per heavy atom. The number of benzene rings is 1. The van der Waals surface area contributed by atoms with Gasteiger partial charge in [0.05, 0.1) is 17.7 Å². The van der Waals surface area contributed by atoms with Gasteiger partial charge in [-0.25, -0.2) is 4.79 Å². The first-order chi connectivity index (χ1) is 9.66. The van der Waals surface area contributed by atoms with Crippen molar-refractivity contribution in [2.75, 3.05) is 13.2 Å². The molecule has 0 aliphatic carbocycles. The molecule has 0 saturated heterocycles. The van der Waals surface area contributed by atoms with Gasteiger partial charge in [0.15, 0.2) is 11.5 Å². The van der Waals surface area contributed by atoms with Crippen LogP contribution in [0.2, 0.25) is 0 Å². The Morgan fingerprint density at radius 3 is 2.70 bits per heavy atom. The van der Waals surface area contributed by atoms with E-state index in [-0.39, 0.29) is 5.76 Å². The highest BCUT2D eigenvalue weighted by atomic mass is 79.9. The molecule has 0 unspecified atom stereocenters. The van der Waals surface area contributed by atoms with Gasteiger partial charge in [0.2, 0.25) is 5.76 Å². The quantitative estimate of drug-likeness (QED) is 0.905. The van der Waals surface area contributed by atoms with Crippen LogP contribution in [-0.4, -0.2) is 29.4 Å². The van der Waals surface area contributed by atoms with Crippen LogP contribution in [0.15, 0.2) is 27.2 Å². The number of carboxylic acids is 1. The normalized spacial score (nSPS) is 13.8. The predicted octanol–water partition coefficient (Wildman–Crippen LogP) is 2.96. The lowest BCUT2D eigenvalue weighted by Crippen LogP contribution is -1.98. The summed E-state index contributed by atoms with van der Waals surface area (Å²) in [5.74, 6) is -0.239. The number of fused-ring (bicyclic) bond motifs is 1. The van der Waals surface area contributed by atoms with Crippen LogP contribution in [-0.2, 0) is 0 Å². The fourth-order valence-corrected chi connectivity index (χ4v) is 2.36. The molecule has 0 bridgehead atoms. The summed E-state index contributed by atoms with van der Waals surface area (Å²) in [6, 6.07) is 4.94. The van der Waals surface area contributed by atoms with Crippen LogP contribution < -0.4 is 9.47 Å². The highest BCUT2D eigenvalue weighted by molar-refractivity contribution is 9.10. The van der Waals surface area contributed by atoms with Crippen molar-refractivity contribution in [3.8, 4) is 22.8 Å². The third-order valence-electron chi connectivity index (χ3n) is 2.84. The fraction of sp³-hybridized carbons (Fsp3) is 0.231. The van der Waals surface area contributed by atoms with E-state index in [1.165, 1.54) is 6.07 Å². The topological polar surface area (TPSA) is 81.8 Å². The molecule has 1 aromatic carbocycles. The first kappa shape index (κ1) is 13.0. The molecule has 0 amide bonds. The number of hydrogen-bond donors (Lipinski definition) is 1. The first-order valence-electron chi connectivity index (χ1n) is 5.95. The van der Waals surface area contributed by atoms with Gasteiger partial charge in [0.25, 0.3) is 0 Å². The van der Waals surface area contributed by atoms with Gasteiger partial charge in [0.1, 0.15) is 5.69 Å². The van der Waals surface area contributed by atoms with Gasteiger partial charge in [-0.3, -0.25) is 0 Å². The highest BCUT2D eigenvalue weighted by Gasteiger charge is 2.22. The number of nitrogens with zero attached hydrogens (tertiary/aromatic N) is 1. The summed E-state index contributed by atoms with van der Waals surface area (Å²) >= 11 is 3.41. The van der Waals surface area contributed by atoms with E-state index in [1.807, 2.05) is 0 Å². The van der Waals surface area contributed by atoms with Crippen molar-refractivity contribution in [2.45, 2.75) is 6.42 Å². The first-order valence-corrected chi connectivity index (χ1v) is 6.74. The smallest absolute Gasteiger partial charge is 0.374 e. The number of rotatable bonds is 2. The maximum Gasteiger partial charge on any atom is 0.374 e. The summed E-state index contributed by atoms with van der Waals surface area (Å²) in [6.07, 6.45) is 0.778. The largest absolute Gasteiger partial charge is 0.489 e. The molecule has 0 spiro atoms. The molecule has 1 aromatic heterocycles. The number of halogens is 1. The predicted molar refractivity (Wildman–Crippen MR) is 72.2 cm³/mol. The molecule has 7 heteroatoms. The minimum atomic E-state index is -1.16. The van der Waals surface area contributed by atoms with Crippen LogP contribution in [0.5, 0.6) is 11.5 Å². The van der Waals surface area contributed by atoms with Crippen LogP contribution in [0, 0.1) is 0 Å². The zero-order valence-electron chi connectivity index (χ0n) is 10.3. The molecule has 1 N–H and O–H groups in total. The third-order valence-corrected chi connectivity index (χ3v) is 3.47. The van der Waals surface area contributed by atoms with E-state index in [0.717, 1.165) is 10.9 Å². The number of aromatic carboxylic acids is 1. The molecule has 3 rings (SSSR count). The number of carbonyl (C=O) groups is 1. The van der Waals surface area contributed by atoms with E-state index in [1.54, 1.807) is 12.1 Å². The van der Waals surface area contributed by atoms with Crippen molar-refractivity contribution in [1.29, 1.82) is 0 Å². The zero-order chi connectivity index (χ0) is 14.1. The van der Waals surface area contributed by atoms with E-state index < -0.39 is 5.97 Å². The van der Waals surface area contributed by atoms with Gasteiger partial charge in [-0.15, -0.1) is 0 Å². The lowest BCUT2D eigenvalue weighted by atomic mass is 10.1. The molecule has 1 aliphatic heterocycles. The monoisotopic (exact) mass is 339 g/mol. The lowest BCUT2D eigenvalue weighted by molar-refractivity contribution is 0.0652. The third kappa shape index (κ3) is 2.24. The molecule has 2 heterocycles. The minimum absolute atomic E-state index is 0.216. The molecular formula is C13H10BrNO5. The van der Waals surface area contributed by atoms with Crippen molar-refractivity contribution in [2.24, 2.45) is 0 Å².